The molecule has 0 aliphatic heterocycles. The number of anilines is 2. The van der Waals surface area contributed by atoms with Gasteiger partial charge in [-0.25, -0.2) is 0 Å². The molecule has 0 heterocycles. The Balaban J connectivity index is 2.44. The summed E-state index contributed by atoms with van der Waals surface area (Å²) < 4.78 is 0. The minimum absolute atomic E-state index is 0.0707. The molecule has 0 fully saturated rings. The molecule has 3 N–H and O–H groups in total. The van der Waals surface area contributed by atoms with Gasteiger partial charge in [0, 0.05) is 11.6 Å². The third-order valence-corrected chi connectivity index (χ3v) is 2.95. The van der Waals surface area contributed by atoms with Crippen molar-refractivity contribution in [2.45, 2.75) is 0 Å². The van der Waals surface area contributed by atoms with Crippen molar-refractivity contribution < 1.29 is 9.72 Å². The van der Waals surface area contributed by atoms with Crippen LogP contribution in [-0.2, 0) is 0 Å². The number of nitrogens with two attached hydrogens (primary N) is 1. The van der Waals surface area contributed by atoms with Gasteiger partial charge < -0.3 is 11.1 Å². The summed E-state index contributed by atoms with van der Waals surface area (Å²) in [5, 5.41) is 14.3. The number of nitro benzene ring substituents is 1. The van der Waals surface area contributed by atoms with Gasteiger partial charge in [0.1, 0.15) is 5.69 Å². The first-order valence-corrected chi connectivity index (χ1v) is 5.96. The predicted molar refractivity (Wildman–Crippen MR) is 76.3 cm³/mol. The number of nitrogens with zero attached hydrogens (tertiary/aromatic N) is 1. The molecule has 20 heavy (non-hydrogen) atoms. The Morgan fingerprint density at radius 3 is 2.50 bits per heavy atom. The van der Waals surface area contributed by atoms with Gasteiger partial charge in [0.25, 0.3) is 5.69 Å². The van der Waals surface area contributed by atoms with Gasteiger partial charge in [-0.15, -0.1) is 0 Å². The summed E-state index contributed by atoms with van der Waals surface area (Å²) in [6.07, 6.45) is 0. The van der Waals surface area contributed by atoms with Gasteiger partial charge in [0.15, 0.2) is 0 Å². The number of amides is 1. The van der Waals surface area contributed by atoms with Crippen LogP contribution < -0.4 is 11.1 Å². The molecule has 2 aromatic carbocycles. The van der Waals surface area contributed by atoms with E-state index in [1.807, 2.05) is 0 Å². The zero-order valence-electron chi connectivity index (χ0n) is 10.2. The first-order chi connectivity index (χ1) is 9.49. The van der Waals surface area contributed by atoms with E-state index in [-0.39, 0.29) is 16.9 Å². The lowest BCUT2D eigenvalue weighted by molar-refractivity contribution is -0.383. The summed E-state index contributed by atoms with van der Waals surface area (Å²) in [5.74, 6) is -0.725. The van der Waals surface area contributed by atoms with Crippen molar-refractivity contribution in [2.75, 3.05) is 5.32 Å². The van der Waals surface area contributed by atoms with Crippen LogP contribution in [0.3, 0.4) is 0 Å². The van der Waals surface area contributed by atoms with E-state index in [4.69, 9.17) is 17.3 Å². The van der Waals surface area contributed by atoms with Gasteiger partial charge in [0.2, 0.25) is 5.91 Å². The Hall–Kier alpha value is -2.60. The van der Waals surface area contributed by atoms with Crippen LogP contribution in [0.1, 0.15) is 10.4 Å². The summed E-state index contributed by atoms with van der Waals surface area (Å²) in [6, 6.07) is 10.8. The maximum atomic E-state index is 11.1. The van der Waals surface area contributed by atoms with Crippen LogP contribution in [0.25, 0.3) is 0 Å². The van der Waals surface area contributed by atoms with Crippen molar-refractivity contribution in [2.24, 2.45) is 5.73 Å². The van der Waals surface area contributed by atoms with Crippen molar-refractivity contribution in [1.29, 1.82) is 0 Å². The van der Waals surface area contributed by atoms with Crippen LogP contribution in [0.5, 0.6) is 0 Å². The zero-order chi connectivity index (χ0) is 14.7. The smallest absolute Gasteiger partial charge is 0.293 e. The molecule has 0 atom stereocenters. The summed E-state index contributed by atoms with van der Waals surface area (Å²) >= 11 is 5.98. The molecule has 0 aliphatic carbocycles. The fourth-order valence-electron chi connectivity index (χ4n) is 1.65. The Kier molecular flexibility index (Phi) is 3.86. The van der Waals surface area contributed by atoms with Crippen molar-refractivity contribution in [3.05, 3.63) is 63.2 Å². The number of hydrogen-bond donors (Lipinski definition) is 2. The molecule has 0 radical (unpaired) electrons. The van der Waals surface area contributed by atoms with Crippen LogP contribution in [-0.4, -0.2) is 10.8 Å². The minimum Gasteiger partial charge on any atom is -0.366 e. The van der Waals surface area contributed by atoms with Gasteiger partial charge in [-0.3, -0.25) is 14.9 Å². The van der Waals surface area contributed by atoms with E-state index >= 15 is 0 Å². The molecule has 2 rings (SSSR count). The van der Waals surface area contributed by atoms with E-state index in [1.165, 1.54) is 12.1 Å². The Labute approximate surface area is 119 Å². The second-order valence-corrected chi connectivity index (χ2v) is 4.37. The van der Waals surface area contributed by atoms with E-state index < -0.39 is 10.8 Å². The van der Waals surface area contributed by atoms with Gasteiger partial charge in [-0.1, -0.05) is 23.7 Å². The van der Waals surface area contributed by atoms with Gasteiger partial charge >= 0.3 is 0 Å². The summed E-state index contributed by atoms with van der Waals surface area (Å²) in [7, 11) is 0. The second-order valence-electron chi connectivity index (χ2n) is 3.96. The molecule has 0 aromatic heterocycles. The second kappa shape index (κ2) is 5.58. The fourth-order valence-corrected chi connectivity index (χ4v) is 1.83. The molecule has 0 bridgehead atoms. The molecular formula is C13H10ClN3O3. The van der Waals surface area contributed by atoms with Crippen LogP contribution in [0.15, 0.2) is 42.5 Å². The van der Waals surface area contributed by atoms with Crippen LogP contribution >= 0.6 is 11.6 Å². The number of carbonyl (C=O) groups is 1. The molecule has 7 heteroatoms. The zero-order valence-corrected chi connectivity index (χ0v) is 10.9. The standard InChI is InChI=1S/C13H10ClN3O3/c14-9-3-1-2-4-10(9)16-11-6-5-8(13(15)18)7-12(11)17(19)20/h1-7,16H,(H2,15,18). The number of nitro groups is 1. The van der Waals surface area contributed by atoms with Crippen LogP contribution in [0.2, 0.25) is 5.02 Å². The summed E-state index contributed by atoms with van der Waals surface area (Å²) in [5.41, 5.74) is 5.69. The van der Waals surface area contributed by atoms with E-state index in [2.05, 4.69) is 5.32 Å². The normalized spacial score (nSPS) is 10.1. The highest BCUT2D eigenvalue weighted by molar-refractivity contribution is 6.33. The number of primary amides is 1. The lowest BCUT2D eigenvalue weighted by Gasteiger charge is -2.09. The number of nitrogens with one attached hydrogen (secondary N) is 1. The molecule has 6 nitrogen and oxygen atoms in total. The van der Waals surface area contributed by atoms with Crippen molar-refractivity contribution >= 4 is 34.6 Å². The predicted octanol–water partition coefficient (Wildman–Crippen LogP) is 3.09. The number of benzene rings is 2. The van der Waals surface area contributed by atoms with E-state index in [0.717, 1.165) is 6.07 Å². The van der Waals surface area contributed by atoms with Gasteiger partial charge in [-0.05, 0) is 24.3 Å². The largest absolute Gasteiger partial charge is 0.366 e. The van der Waals surface area contributed by atoms with Crippen molar-refractivity contribution in [3.8, 4) is 0 Å². The van der Waals surface area contributed by atoms with Crippen LogP contribution in [0.4, 0.5) is 17.1 Å². The number of rotatable bonds is 4. The van der Waals surface area contributed by atoms with E-state index in [0.29, 0.717) is 10.7 Å². The topological polar surface area (TPSA) is 98.3 Å². The molecule has 0 spiro atoms. The highest BCUT2D eigenvalue weighted by Gasteiger charge is 2.17. The molecule has 0 saturated carbocycles. The minimum atomic E-state index is -0.725. The maximum absolute atomic E-state index is 11.1. The van der Waals surface area contributed by atoms with E-state index in [9.17, 15) is 14.9 Å². The molecular weight excluding hydrogens is 282 g/mol. The SMILES string of the molecule is NC(=O)c1ccc(Nc2ccccc2Cl)c([N+](=O)[O-])c1. The first kappa shape index (κ1) is 13.8. The Bertz CT molecular complexity index is 688. The number of hydrogen-bond acceptors (Lipinski definition) is 4. The molecule has 2 aromatic rings. The molecule has 0 saturated heterocycles. The van der Waals surface area contributed by atoms with Crippen molar-refractivity contribution in [1.82, 2.24) is 0 Å². The number of para-hydroxylation sites is 1. The summed E-state index contributed by atoms with van der Waals surface area (Å²) in [6.45, 7) is 0. The van der Waals surface area contributed by atoms with E-state index in [1.54, 1.807) is 24.3 Å². The molecule has 0 unspecified atom stereocenters. The van der Waals surface area contributed by atoms with Gasteiger partial charge in [-0.2, -0.15) is 0 Å². The lowest BCUT2D eigenvalue weighted by atomic mass is 10.1. The molecule has 0 aliphatic rings. The average molecular weight is 292 g/mol. The first-order valence-electron chi connectivity index (χ1n) is 5.59. The average Bonchev–Trinajstić information content (AvgIpc) is 2.41. The molecule has 102 valence electrons. The third kappa shape index (κ3) is 2.86. The number of carbonyl (C=O) groups excluding carboxylic acids is 1. The lowest BCUT2D eigenvalue weighted by Crippen LogP contribution is -2.11. The molecule has 1 amide bonds. The van der Waals surface area contributed by atoms with Crippen LogP contribution in [0, 0.1) is 10.1 Å². The highest BCUT2D eigenvalue weighted by atomic mass is 35.5. The monoisotopic (exact) mass is 291 g/mol. The fraction of sp³-hybridized carbons (Fsp3) is 0. The van der Waals surface area contributed by atoms with Crippen molar-refractivity contribution in [3.63, 3.8) is 0 Å². The highest BCUT2D eigenvalue weighted by Crippen LogP contribution is 2.31. The Morgan fingerprint density at radius 1 is 1.20 bits per heavy atom. The Morgan fingerprint density at radius 2 is 1.90 bits per heavy atom. The quantitative estimate of drug-likeness (QED) is 0.668. The summed E-state index contributed by atoms with van der Waals surface area (Å²) in [4.78, 5) is 21.5. The maximum Gasteiger partial charge on any atom is 0.293 e. The number of halogens is 1. The van der Waals surface area contributed by atoms with Gasteiger partial charge in [0.05, 0.1) is 15.6 Å². The third-order valence-electron chi connectivity index (χ3n) is 2.62.